The number of imidazole rings is 1. The minimum atomic E-state index is -2.81. The Kier molecular flexibility index (Phi) is 2.29. The van der Waals surface area contributed by atoms with Crippen LogP contribution in [-0.4, -0.2) is 36.0 Å². The van der Waals surface area contributed by atoms with Crippen LogP contribution in [0.15, 0.2) is 6.33 Å². The summed E-state index contributed by atoms with van der Waals surface area (Å²) in [6, 6.07) is 0.111. The van der Waals surface area contributed by atoms with Gasteiger partial charge in [0.25, 0.3) is 0 Å². The second-order valence-corrected chi connectivity index (χ2v) is 6.76. The van der Waals surface area contributed by atoms with Crippen molar-refractivity contribution in [1.29, 1.82) is 0 Å². The molecule has 1 aromatic heterocycles. The SMILES string of the molecule is O=S1(=O)CCC(n2cnc3c2CCNC3)C1. The molecule has 0 spiro atoms. The summed E-state index contributed by atoms with van der Waals surface area (Å²) in [6.07, 6.45) is 3.49. The molecule has 1 fully saturated rings. The molecule has 0 amide bonds. The van der Waals surface area contributed by atoms with Crippen molar-refractivity contribution in [3.05, 3.63) is 17.7 Å². The van der Waals surface area contributed by atoms with Crippen LogP contribution in [0.1, 0.15) is 23.9 Å². The molecule has 3 heterocycles. The van der Waals surface area contributed by atoms with Gasteiger partial charge in [-0.25, -0.2) is 13.4 Å². The molecule has 1 N–H and O–H groups in total. The van der Waals surface area contributed by atoms with Crippen molar-refractivity contribution in [3.8, 4) is 0 Å². The van der Waals surface area contributed by atoms with E-state index in [4.69, 9.17) is 0 Å². The largest absolute Gasteiger partial charge is 0.330 e. The van der Waals surface area contributed by atoms with Crippen LogP contribution in [0.3, 0.4) is 0 Å². The first-order valence-electron chi connectivity index (χ1n) is 5.61. The van der Waals surface area contributed by atoms with Crippen LogP contribution in [0.2, 0.25) is 0 Å². The van der Waals surface area contributed by atoms with Crippen molar-refractivity contribution in [2.24, 2.45) is 0 Å². The summed E-state index contributed by atoms with van der Waals surface area (Å²) in [7, 11) is -2.81. The normalized spacial score (nSPS) is 27.9. The maximum absolute atomic E-state index is 11.5. The van der Waals surface area contributed by atoms with Crippen LogP contribution in [0.5, 0.6) is 0 Å². The monoisotopic (exact) mass is 241 g/mol. The van der Waals surface area contributed by atoms with Crippen LogP contribution in [0.25, 0.3) is 0 Å². The van der Waals surface area contributed by atoms with Gasteiger partial charge in [-0.3, -0.25) is 0 Å². The molecule has 0 saturated carbocycles. The predicted octanol–water partition coefficient (Wildman–Crippen LogP) is -0.112. The number of rotatable bonds is 1. The third-order valence-electron chi connectivity index (χ3n) is 3.42. The summed E-state index contributed by atoms with van der Waals surface area (Å²) in [5.74, 6) is 0.603. The molecule has 2 aliphatic rings. The van der Waals surface area contributed by atoms with E-state index in [1.54, 1.807) is 0 Å². The molecule has 6 heteroatoms. The molecule has 1 atom stereocenters. The van der Waals surface area contributed by atoms with Crippen molar-refractivity contribution in [2.45, 2.75) is 25.4 Å². The first-order chi connectivity index (χ1) is 7.66. The van der Waals surface area contributed by atoms with E-state index in [0.29, 0.717) is 5.75 Å². The lowest BCUT2D eigenvalue weighted by Crippen LogP contribution is -2.26. The molecular weight excluding hydrogens is 226 g/mol. The summed E-state index contributed by atoms with van der Waals surface area (Å²) < 4.78 is 25.0. The Morgan fingerprint density at radius 2 is 2.38 bits per heavy atom. The minimum absolute atomic E-state index is 0.111. The smallest absolute Gasteiger partial charge is 0.152 e. The van der Waals surface area contributed by atoms with Crippen LogP contribution in [0, 0.1) is 0 Å². The highest BCUT2D eigenvalue weighted by Gasteiger charge is 2.31. The summed E-state index contributed by atoms with van der Waals surface area (Å²) in [5.41, 5.74) is 2.30. The summed E-state index contributed by atoms with van der Waals surface area (Å²) in [4.78, 5) is 4.35. The number of nitrogens with zero attached hydrogens (tertiary/aromatic N) is 2. The van der Waals surface area contributed by atoms with Gasteiger partial charge in [-0.15, -0.1) is 0 Å². The van der Waals surface area contributed by atoms with Gasteiger partial charge in [0.05, 0.1) is 23.5 Å². The Morgan fingerprint density at radius 1 is 1.50 bits per heavy atom. The fourth-order valence-corrected chi connectivity index (χ4v) is 4.28. The van der Waals surface area contributed by atoms with Gasteiger partial charge in [0.15, 0.2) is 9.84 Å². The highest BCUT2D eigenvalue weighted by atomic mass is 32.2. The van der Waals surface area contributed by atoms with Gasteiger partial charge in [-0.1, -0.05) is 0 Å². The van der Waals surface area contributed by atoms with E-state index in [2.05, 4.69) is 14.9 Å². The van der Waals surface area contributed by atoms with E-state index in [9.17, 15) is 8.42 Å². The first kappa shape index (κ1) is 10.3. The lowest BCUT2D eigenvalue weighted by atomic mass is 10.1. The quantitative estimate of drug-likeness (QED) is 0.745. The summed E-state index contributed by atoms with van der Waals surface area (Å²) >= 11 is 0. The van der Waals surface area contributed by atoms with Crippen molar-refractivity contribution < 1.29 is 8.42 Å². The Hall–Kier alpha value is -0.880. The highest BCUT2D eigenvalue weighted by molar-refractivity contribution is 7.91. The van der Waals surface area contributed by atoms with Gasteiger partial charge in [0.2, 0.25) is 0 Å². The number of sulfone groups is 1. The average molecular weight is 241 g/mol. The summed E-state index contributed by atoms with van der Waals surface area (Å²) in [5, 5.41) is 3.27. The van der Waals surface area contributed by atoms with Crippen molar-refractivity contribution in [2.75, 3.05) is 18.1 Å². The number of hydrogen-bond donors (Lipinski definition) is 1. The van der Waals surface area contributed by atoms with E-state index >= 15 is 0 Å². The fourth-order valence-electron chi connectivity index (χ4n) is 2.57. The molecule has 1 saturated heterocycles. The number of nitrogens with one attached hydrogen (secondary N) is 1. The van der Waals surface area contributed by atoms with Gasteiger partial charge < -0.3 is 9.88 Å². The molecule has 0 aliphatic carbocycles. The molecule has 1 aromatic rings. The minimum Gasteiger partial charge on any atom is -0.330 e. The van der Waals surface area contributed by atoms with Crippen LogP contribution in [-0.2, 0) is 22.8 Å². The van der Waals surface area contributed by atoms with Crippen LogP contribution in [0.4, 0.5) is 0 Å². The Labute approximate surface area is 94.8 Å². The highest BCUT2D eigenvalue weighted by Crippen LogP contribution is 2.26. The molecular formula is C10H15N3O2S. The fraction of sp³-hybridized carbons (Fsp3) is 0.700. The van der Waals surface area contributed by atoms with E-state index in [1.165, 1.54) is 5.69 Å². The average Bonchev–Trinajstić information content (AvgIpc) is 2.81. The summed E-state index contributed by atoms with van der Waals surface area (Å²) in [6.45, 7) is 1.76. The predicted molar refractivity (Wildman–Crippen MR) is 59.9 cm³/mol. The topological polar surface area (TPSA) is 64.0 Å². The Morgan fingerprint density at radius 3 is 3.12 bits per heavy atom. The second-order valence-electron chi connectivity index (χ2n) is 4.53. The van der Waals surface area contributed by atoms with Crippen LogP contribution >= 0.6 is 0 Å². The van der Waals surface area contributed by atoms with Gasteiger partial charge in [-0.2, -0.15) is 0 Å². The first-order valence-corrected chi connectivity index (χ1v) is 7.43. The third kappa shape index (κ3) is 1.66. The molecule has 3 rings (SSSR count). The number of hydrogen-bond acceptors (Lipinski definition) is 4. The Bertz CT molecular complexity index is 506. The molecule has 0 bridgehead atoms. The van der Waals surface area contributed by atoms with Gasteiger partial charge in [-0.05, 0) is 6.42 Å². The second kappa shape index (κ2) is 3.56. The maximum Gasteiger partial charge on any atom is 0.152 e. The van der Waals surface area contributed by atoms with E-state index < -0.39 is 9.84 Å². The van der Waals surface area contributed by atoms with E-state index in [1.807, 2.05) is 6.33 Å². The van der Waals surface area contributed by atoms with Gasteiger partial charge >= 0.3 is 0 Å². The van der Waals surface area contributed by atoms with E-state index in [-0.39, 0.29) is 11.8 Å². The van der Waals surface area contributed by atoms with Crippen molar-refractivity contribution in [3.63, 3.8) is 0 Å². The zero-order chi connectivity index (χ0) is 11.2. The lowest BCUT2D eigenvalue weighted by molar-refractivity contribution is 0.516. The molecule has 1 unspecified atom stereocenters. The molecule has 0 radical (unpaired) electrons. The molecule has 88 valence electrons. The van der Waals surface area contributed by atoms with Gasteiger partial charge in [0.1, 0.15) is 0 Å². The zero-order valence-electron chi connectivity index (χ0n) is 9.02. The molecule has 16 heavy (non-hydrogen) atoms. The van der Waals surface area contributed by atoms with Crippen LogP contribution < -0.4 is 5.32 Å². The number of aromatic nitrogens is 2. The van der Waals surface area contributed by atoms with Crippen molar-refractivity contribution >= 4 is 9.84 Å². The maximum atomic E-state index is 11.5. The number of fused-ring (bicyclic) bond motifs is 1. The molecule has 0 aromatic carbocycles. The third-order valence-corrected chi connectivity index (χ3v) is 5.17. The molecule has 5 nitrogen and oxygen atoms in total. The standard InChI is InChI=1S/C10H15N3O2S/c14-16(15)4-2-8(6-16)13-7-12-9-5-11-3-1-10(9)13/h7-8,11H,1-6H2. The van der Waals surface area contributed by atoms with Gasteiger partial charge in [0, 0.05) is 31.2 Å². The Balaban J connectivity index is 1.93. The zero-order valence-corrected chi connectivity index (χ0v) is 9.83. The van der Waals surface area contributed by atoms with Crippen molar-refractivity contribution in [1.82, 2.24) is 14.9 Å². The lowest BCUT2D eigenvalue weighted by Gasteiger charge is -2.18. The molecule has 2 aliphatic heterocycles. The van der Waals surface area contributed by atoms with E-state index in [0.717, 1.165) is 31.6 Å².